The minimum atomic E-state index is -3.64. The lowest BCUT2D eigenvalue weighted by Crippen LogP contribution is -2.12. The summed E-state index contributed by atoms with van der Waals surface area (Å²) in [6.45, 7) is 0. The lowest BCUT2D eigenvalue weighted by Gasteiger charge is -2.08. The first-order chi connectivity index (χ1) is 7.99. The molecule has 0 saturated heterocycles. The van der Waals surface area contributed by atoms with Crippen LogP contribution in [-0.2, 0) is 10.0 Å². The fraction of sp³-hybridized carbons (Fsp3) is 0. The zero-order valence-corrected chi connectivity index (χ0v) is 10.2. The Balaban J connectivity index is 2.33. The normalized spacial score (nSPS) is 11.4. The van der Waals surface area contributed by atoms with Crippen LogP contribution in [0.1, 0.15) is 0 Å². The Morgan fingerprint density at radius 1 is 1.29 bits per heavy atom. The van der Waals surface area contributed by atoms with E-state index in [1.54, 1.807) is 11.4 Å². The predicted octanol–water partition coefficient (Wildman–Crippen LogP) is 2.27. The molecule has 4 nitrogen and oxygen atoms in total. The van der Waals surface area contributed by atoms with Gasteiger partial charge < -0.3 is 5.73 Å². The molecule has 0 saturated carbocycles. The van der Waals surface area contributed by atoms with Crippen LogP contribution in [0.2, 0.25) is 0 Å². The van der Waals surface area contributed by atoms with Gasteiger partial charge in [0, 0.05) is 0 Å². The smallest absolute Gasteiger partial charge is 0.271 e. The lowest BCUT2D eigenvalue weighted by atomic mass is 10.3. The van der Waals surface area contributed by atoms with E-state index in [4.69, 9.17) is 5.73 Å². The average molecular weight is 272 g/mol. The number of halogens is 1. The summed E-state index contributed by atoms with van der Waals surface area (Å²) in [5.41, 5.74) is 5.73. The van der Waals surface area contributed by atoms with E-state index < -0.39 is 15.8 Å². The number of hydrogen-bond acceptors (Lipinski definition) is 4. The van der Waals surface area contributed by atoms with E-state index in [-0.39, 0.29) is 15.6 Å². The third-order valence-electron chi connectivity index (χ3n) is 2.02. The van der Waals surface area contributed by atoms with Crippen molar-refractivity contribution in [3.05, 3.63) is 41.5 Å². The lowest BCUT2D eigenvalue weighted by molar-refractivity contribution is 0.603. The molecule has 0 unspecified atom stereocenters. The molecule has 1 aromatic heterocycles. The largest absolute Gasteiger partial charge is 0.397 e. The monoisotopic (exact) mass is 272 g/mol. The molecule has 1 heterocycles. The number of thiophene rings is 1. The molecular weight excluding hydrogens is 263 g/mol. The van der Waals surface area contributed by atoms with Crippen molar-refractivity contribution in [1.29, 1.82) is 0 Å². The molecule has 1 aromatic carbocycles. The first-order valence-electron chi connectivity index (χ1n) is 4.60. The third kappa shape index (κ3) is 2.56. The van der Waals surface area contributed by atoms with Gasteiger partial charge in [0.05, 0.1) is 11.4 Å². The molecule has 0 bridgehead atoms. The van der Waals surface area contributed by atoms with Gasteiger partial charge in [0.2, 0.25) is 0 Å². The van der Waals surface area contributed by atoms with Gasteiger partial charge in [0.25, 0.3) is 10.0 Å². The molecule has 0 aliphatic rings. The Morgan fingerprint density at radius 3 is 2.65 bits per heavy atom. The van der Waals surface area contributed by atoms with E-state index in [2.05, 4.69) is 4.72 Å². The van der Waals surface area contributed by atoms with Crippen LogP contribution < -0.4 is 10.5 Å². The third-order valence-corrected chi connectivity index (χ3v) is 4.78. The fourth-order valence-electron chi connectivity index (χ4n) is 1.24. The molecule has 17 heavy (non-hydrogen) atoms. The second-order valence-corrected chi connectivity index (χ2v) is 6.13. The highest BCUT2D eigenvalue weighted by Crippen LogP contribution is 2.24. The molecular formula is C10H9FN2O2S2. The molecule has 90 valence electrons. The summed E-state index contributed by atoms with van der Waals surface area (Å²) in [5, 5.41) is 1.66. The number of nitrogens with two attached hydrogens (primary N) is 1. The molecule has 3 N–H and O–H groups in total. The van der Waals surface area contributed by atoms with Crippen LogP contribution in [0.4, 0.5) is 15.8 Å². The minimum Gasteiger partial charge on any atom is -0.397 e. The molecule has 0 aliphatic heterocycles. The summed E-state index contributed by atoms with van der Waals surface area (Å²) in [6, 6.07) is 6.60. The molecule has 0 spiro atoms. The highest BCUT2D eigenvalue weighted by atomic mass is 32.2. The van der Waals surface area contributed by atoms with Gasteiger partial charge in [-0.15, -0.1) is 11.3 Å². The highest BCUT2D eigenvalue weighted by Gasteiger charge is 2.16. The first kappa shape index (κ1) is 11.9. The topological polar surface area (TPSA) is 72.2 Å². The number of anilines is 2. The van der Waals surface area contributed by atoms with Crippen LogP contribution in [-0.4, -0.2) is 8.42 Å². The second kappa shape index (κ2) is 4.34. The van der Waals surface area contributed by atoms with Crippen LogP contribution >= 0.6 is 11.3 Å². The van der Waals surface area contributed by atoms with Crippen molar-refractivity contribution < 1.29 is 12.8 Å². The Hall–Kier alpha value is -1.60. The Kier molecular flexibility index (Phi) is 3.03. The van der Waals surface area contributed by atoms with Gasteiger partial charge in [-0.3, -0.25) is 4.72 Å². The van der Waals surface area contributed by atoms with Gasteiger partial charge in [-0.05, 0) is 29.6 Å². The van der Waals surface area contributed by atoms with E-state index in [1.165, 1.54) is 12.1 Å². The van der Waals surface area contributed by atoms with Crippen molar-refractivity contribution in [2.24, 2.45) is 0 Å². The van der Waals surface area contributed by atoms with E-state index in [9.17, 15) is 12.8 Å². The van der Waals surface area contributed by atoms with Crippen LogP contribution in [0.15, 0.2) is 39.9 Å². The summed E-state index contributed by atoms with van der Waals surface area (Å²) in [7, 11) is -3.64. The second-order valence-electron chi connectivity index (χ2n) is 3.27. The van der Waals surface area contributed by atoms with Crippen LogP contribution in [0.3, 0.4) is 0 Å². The van der Waals surface area contributed by atoms with Gasteiger partial charge in [0.1, 0.15) is 10.0 Å². The van der Waals surface area contributed by atoms with Crippen molar-refractivity contribution in [1.82, 2.24) is 0 Å². The maximum Gasteiger partial charge on any atom is 0.271 e. The van der Waals surface area contributed by atoms with Crippen molar-refractivity contribution in [3.8, 4) is 0 Å². The van der Waals surface area contributed by atoms with Gasteiger partial charge >= 0.3 is 0 Å². The molecule has 7 heteroatoms. The Labute approximate surface area is 102 Å². The molecule has 0 atom stereocenters. The van der Waals surface area contributed by atoms with Gasteiger partial charge in [-0.2, -0.15) is 0 Å². The van der Waals surface area contributed by atoms with Gasteiger partial charge in [-0.25, -0.2) is 12.8 Å². The molecule has 2 rings (SSSR count). The Bertz CT molecular complexity index is 624. The SMILES string of the molecule is Nc1cc(F)ccc1NS(=O)(=O)c1cccs1. The molecule has 0 aliphatic carbocycles. The van der Waals surface area contributed by atoms with E-state index in [0.29, 0.717) is 0 Å². The highest BCUT2D eigenvalue weighted by molar-refractivity contribution is 7.94. The van der Waals surface area contributed by atoms with E-state index >= 15 is 0 Å². The standard InChI is InChI=1S/C10H9FN2O2S2/c11-7-3-4-9(8(12)6-7)13-17(14,15)10-2-1-5-16-10/h1-6,13H,12H2. The summed E-state index contributed by atoms with van der Waals surface area (Å²) >= 11 is 1.09. The fourth-order valence-corrected chi connectivity index (χ4v) is 3.32. The minimum absolute atomic E-state index is 0.0464. The number of nitrogen functional groups attached to an aromatic ring is 1. The number of nitrogens with one attached hydrogen (secondary N) is 1. The predicted molar refractivity (Wildman–Crippen MR) is 65.9 cm³/mol. The first-order valence-corrected chi connectivity index (χ1v) is 6.97. The summed E-state index contributed by atoms with van der Waals surface area (Å²) in [5.74, 6) is -0.512. The molecule has 0 fully saturated rings. The molecule has 2 aromatic rings. The van der Waals surface area contributed by atoms with Crippen molar-refractivity contribution >= 4 is 32.7 Å². The zero-order chi connectivity index (χ0) is 12.5. The van der Waals surface area contributed by atoms with Gasteiger partial charge in [-0.1, -0.05) is 6.07 Å². The quantitative estimate of drug-likeness (QED) is 0.842. The van der Waals surface area contributed by atoms with Crippen molar-refractivity contribution in [3.63, 3.8) is 0 Å². The van der Waals surface area contributed by atoms with Crippen molar-refractivity contribution in [2.75, 3.05) is 10.5 Å². The van der Waals surface area contributed by atoms with E-state index in [1.807, 2.05) is 0 Å². The van der Waals surface area contributed by atoms with Crippen LogP contribution in [0.25, 0.3) is 0 Å². The average Bonchev–Trinajstić information content (AvgIpc) is 2.76. The maximum atomic E-state index is 12.8. The molecule has 0 radical (unpaired) electrons. The zero-order valence-electron chi connectivity index (χ0n) is 8.55. The molecule has 0 amide bonds. The number of rotatable bonds is 3. The van der Waals surface area contributed by atoms with Crippen molar-refractivity contribution in [2.45, 2.75) is 4.21 Å². The van der Waals surface area contributed by atoms with E-state index in [0.717, 1.165) is 23.5 Å². The Morgan fingerprint density at radius 2 is 2.06 bits per heavy atom. The number of benzene rings is 1. The van der Waals surface area contributed by atoms with Gasteiger partial charge in [0.15, 0.2) is 0 Å². The number of sulfonamides is 1. The maximum absolute atomic E-state index is 12.8. The summed E-state index contributed by atoms with van der Waals surface area (Å²) in [4.78, 5) is 0. The van der Waals surface area contributed by atoms with Crippen LogP contribution in [0.5, 0.6) is 0 Å². The number of hydrogen-bond donors (Lipinski definition) is 2. The summed E-state index contributed by atoms with van der Waals surface area (Å²) < 4.78 is 39.0. The van der Waals surface area contributed by atoms with Crippen LogP contribution in [0, 0.1) is 5.82 Å². The summed E-state index contributed by atoms with van der Waals surface area (Å²) in [6.07, 6.45) is 0.